The van der Waals surface area contributed by atoms with Gasteiger partial charge in [0, 0.05) is 11.1 Å². The smallest absolute Gasteiger partial charge is 0.310 e. The van der Waals surface area contributed by atoms with Crippen LogP contribution in [0.3, 0.4) is 0 Å². The molecule has 2 aromatic carbocycles. The number of nitrogens with one attached hydrogen (secondary N) is 1. The van der Waals surface area contributed by atoms with Crippen molar-refractivity contribution in [3.05, 3.63) is 63.2 Å². The lowest BCUT2D eigenvalue weighted by Gasteiger charge is -2.08. The third kappa shape index (κ3) is 5.45. The molecule has 136 valence electrons. The molecule has 0 spiro atoms. The van der Waals surface area contributed by atoms with E-state index in [1.165, 1.54) is 25.3 Å². The molecule has 8 nitrogen and oxygen atoms in total. The van der Waals surface area contributed by atoms with E-state index in [2.05, 4.69) is 5.32 Å². The number of benzene rings is 2. The third-order valence-corrected chi connectivity index (χ3v) is 3.51. The number of hydrogen-bond donors (Lipinski definition) is 1. The van der Waals surface area contributed by atoms with E-state index in [9.17, 15) is 19.7 Å². The maximum absolute atomic E-state index is 11.9. The molecule has 9 heteroatoms. The number of carbonyl (C=O) groups excluding carboxylic acids is 2. The SMILES string of the molecule is COc1cccc(CC(=O)OCC(=O)Nc2cc(Cl)ccc2[N+](=O)[O-])c1. The van der Waals surface area contributed by atoms with Crippen molar-refractivity contribution in [2.45, 2.75) is 6.42 Å². The second kappa shape index (κ2) is 8.82. The van der Waals surface area contributed by atoms with Crippen molar-refractivity contribution in [3.8, 4) is 5.75 Å². The summed E-state index contributed by atoms with van der Waals surface area (Å²) in [6.07, 6.45) is -0.0399. The summed E-state index contributed by atoms with van der Waals surface area (Å²) in [5, 5.41) is 13.5. The predicted molar refractivity (Wildman–Crippen MR) is 94.4 cm³/mol. The van der Waals surface area contributed by atoms with Crippen LogP contribution in [-0.4, -0.2) is 30.5 Å². The van der Waals surface area contributed by atoms with Crippen molar-refractivity contribution in [1.29, 1.82) is 0 Å². The van der Waals surface area contributed by atoms with Gasteiger partial charge in [0.15, 0.2) is 6.61 Å². The summed E-state index contributed by atoms with van der Waals surface area (Å²) >= 11 is 5.78. The first-order chi connectivity index (χ1) is 12.4. The molecule has 2 aromatic rings. The molecule has 0 atom stereocenters. The highest BCUT2D eigenvalue weighted by atomic mass is 35.5. The summed E-state index contributed by atoms with van der Waals surface area (Å²) < 4.78 is 9.95. The Morgan fingerprint density at radius 3 is 2.69 bits per heavy atom. The summed E-state index contributed by atoms with van der Waals surface area (Å²) in [5.74, 6) is -0.732. The number of hydrogen-bond acceptors (Lipinski definition) is 6. The van der Waals surface area contributed by atoms with Crippen LogP contribution in [-0.2, 0) is 20.7 Å². The maximum Gasteiger partial charge on any atom is 0.310 e. The van der Waals surface area contributed by atoms with Gasteiger partial charge in [0.05, 0.1) is 18.5 Å². The monoisotopic (exact) mass is 378 g/mol. The maximum atomic E-state index is 11.9. The second-order valence-corrected chi connectivity index (χ2v) is 5.59. The Morgan fingerprint density at radius 2 is 2.00 bits per heavy atom. The second-order valence-electron chi connectivity index (χ2n) is 5.16. The molecule has 0 aliphatic carbocycles. The first kappa shape index (κ1) is 19.2. The molecular formula is C17H15ClN2O6. The van der Waals surface area contributed by atoms with Crippen LogP contribution in [0.2, 0.25) is 5.02 Å². The summed E-state index contributed by atoms with van der Waals surface area (Å²) in [6, 6.07) is 10.6. The molecule has 1 N–H and O–H groups in total. The van der Waals surface area contributed by atoms with Gasteiger partial charge in [-0.05, 0) is 29.8 Å². The number of nitrogens with zero attached hydrogens (tertiary/aromatic N) is 1. The molecule has 0 saturated carbocycles. The van der Waals surface area contributed by atoms with Crippen LogP contribution >= 0.6 is 11.6 Å². The van der Waals surface area contributed by atoms with Gasteiger partial charge >= 0.3 is 5.97 Å². The molecule has 0 unspecified atom stereocenters. The van der Waals surface area contributed by atoms with Crippen molar-refractivity contribution in [1.82, 2.24) is 0 Å². The van der Waals surface area contributed by atoms with Crippen molar-refractivity contribution < 1.29 is 24.0 Å². The zero-order chi connectivity index (χ0) is 19.1. The number of amides is 1. The average Bonchev–Trinajstić information content (AvgIpc) is 2.60. The van der Waals surface area contributed by atoms with Crippen LogP contribution in [0.5, 0.6) is 5.75 Å². The predicted octanol–water partition coefficient (Wildman–Crippen LogP) is 2.98. The van der Waals surface area contributed by atoms with Crippen LogP contribution in [0.1, 0.15) is 5.56 Å². The zero-order valence-corrected chi connectivity index (χ0v) is 14.5. The highest BCUT2D eigenvalue weighted by molar-refractivity contribution is 6.31. The molecule has 2 rings (SSSR count). The summed E-state index contributed by atoms with van der Waals surface area (Å²) in [6.45, 7) is -0.577. The van der Waals surface area contributed by atoms with E-state index in [4.69, 9.17) is 21.1 Å². The van der Waals surface area contributed by atoms with Gasteiger partial charge in [-0.25, -0.2) is 0 Å². The van der Waals surface area contributed by atoms with Gasteiger partial charge in [-0.3, -0.25) is 19.7 Å². The number of ether oxygens (including phenoxy) is 2. The molecule has 0 aliphatic heterocycles. The number of nitro groups is 1. The van der Waals surface area contributed by atoms with Gasteiger partial charge in [0.25, 0.3) is 11.6 Å². The van der Waals surface area contributed by atoms with E-state index < -0.39 is 23.4 Å². The van der Waals surface area contributed by atoms with Gasteiger partial charge < -0.3 is 14.8 Å². The van der Waals surface area contributed by atoms with Gasteiger partial charge in [-0.2, -0.15) is 0 Å². The normalized spacial score (nSPS) is 10.1. The fraction of sp³-hybridized carbons (Fsp3) is 0.176. The summed E-state index contributed by atoms with van der Waals surface area (Å²) in [7, 11) is 1.51. The summed E-state index contributed by atoms with van der Waals surface area (Å²) in [4.78, 5) is 34.0. The molecule has 0 aliphatic rings. The molecule has 1 amide bonds. The highest BCUT2D eigenvalue weighted by Gasteiger charge is 2.17. The quantitative estimate of drug-likeness (QED) is 0.451. The standard InChI is InChI=1S/C17H15ClN2O6/c1-25-13-4-2-3-11(7-13)8-17(22)26-10-16(21)19-14-9-12(18)5-6-15(14)20(23)24/h2-7,9H,8,10H2,1H3,(H,19,21). The minimum atomic E-state index is -0.714. The minimum Gasteiger partial charge on any atom is -0.497 e. The molecule has 0 heterocycles. The van der Waals surface area contributed by atoms with Crippen LogP contribution < -0.4 is 10.1 Å². The Bertz CT molecular complexity index is 840. The van der Waals surface area contributed by atoms with Crippen molar-refractivity contribution >= 4 is 34.9 Å². The Hall–Kier alpha value is -3.13. The Kier molecular flexibility index (Phi) is 6.51. The van der Waals surface area contributed by atoms with Gasteiger partial charge in [0.1, 0.15) is 11.4 Å². The first-order valence-corrected chi connectivity index (χ1v) is 7.79. The number of rotatable bonds is 7. The van der Waals surface area contributed by atoms with Crippen LogP contribution in [0.25, 0.3) is 0 Å². The number of nitro benzene ring substituents is 1. The van der Waals surface area contributed by atoms with Crippen molar-refractivity contribution in [2.75, 3.05) is 19.0 Å². The lowest BCUT2D eigenvalue weighted by Crippen LogP contribution is -2.22. The topological polar surface area (TPSA) is 108 Å². The lowest BCUT2D eigenvalue weighted by atomic mass is 10.1. The molecular weight excluding hydrogens is 364 g/mol. The number of esters is 1. The fourth-order valence-electron chi connectivity index (χ4n) is 2.10. The molecule has 0 aromatic heterocycles. The van der Waals surface area contributed by atoms with Crippen LogP contribution in [0, 0.1) is 10.1 Å². The van der Waals surface area contributed by atoms with E-state index in [0.29, 0.717) is 11.3 Å². The van der Waals surface area contributed by atoms with Crippen LogP contribution in [0.4, 0.5) is 11.4 Å². The Morgan fingerprint density at radius 1 is 1.23 bits per heavy atom. The van der Waals surface area contributed by atoms with E-state index >= 15 is 0 Å². The van der Waals surface area contributed by atoms with Crippen molar-refractivity contribution in [2.24, 2.45) is 0 Å². The third-order valence-electron chi connectivity index (χ3n) is 3.28. The number of methoxy groups -OCH3 is 1. The highest BCUT2D eigenvalue weighted by Crippen LogP contribution is 2.27. The van der Waals surface area contributed by atoms with Gasteiger partial charge in [0.2, 0.25) is 0 Å². The van der Waals surface area contributed by atoms with Gasteiger partial charge in [-0.1, -0.05) is 23.7 Å². The average molecular weight is 379 g/mol. The molecule has 0 radical (unpaired) electrons. The number of anilines is 1. The van der Waals surface area contributed by atoms with E-state index in [1.807, 2.05) is 0 Å². The fourth-order valence-corrected chi connectivity index (χ4v) is 2.27. The first-order valence-electron chi connectivity index (χ1n) is 7.41. The molecule has 0 bridgehead atoms. The molecule has 26 heavy (non-hydrogen) atoms. The Balaban J connectivity index is 1.91. The number of carbonyl (C=O) groups is 2. The number of halogens is 1. The van der Waals surface area contributed by atoms with Crippen LogP contribution in [0.15, 0.2) is 42.5 Å². The largest absolute Gasteiger partial charge is 0.497 e. The van der Waals surface area contributed by atoms with E-state index in [-0.39, 0.29) is 22.8 Å². The van der Waals surface area contributed by atoms with Crippen molar-refractivity contribution in [3.63, 3.8) is 0 Å². The van der Waals surface area contributed by atoms with E-state index in [0.717, 1.165) is 0 Å². The zero-order valence-electron chi connectivity index (χ0n) is 13.7. The Labute approximate surface area is 153 Å². The molecule has 0 saturated heterocycles. The molecule has 0 fully saturated rings. The summed E-state index contributed by atoms with van der Waals surface area (Å²) in [5.41, 5.74) is 0.280. The lowest BCUT2D eigenvalue weighted by molar-refractivity contribution is -0.383. The van der Waals surface area contributed by atoms with E-state index in [1.54, 1.807) is 24.3 Å². The minimum absolute atomic E-state index is 0.0399. The van der Waals surface area contributed by atoms with Gasteiger partial charge in [-0.15, -0.1) is 0 Å².